The van der Waals surface area contributed by atoms with Crippen molar-refractivity contribution in [2.45, 2.75) is 63.7 Å². The first-order valence-electron chi connectivity index (χ1n) is 11.9. The van der Waals surface area contributed by atoms with Crippen molar-refractivity contribution < 1.29 is 32.2 Å². The van der Waals surface area contributed by atoms with Crippen LogP contribution in [-0.4, -0.2) is 42.6 Å². The van der Waals surface area contributed by atoms with Gasteiger partial charge >= 0.3 is 12.1 Å². The third-order valence-corrected chi connectivity index (χ3v) is 7.30. The predicted octanol–water partition coefficient (Wildman–Crippen LogP) is 5.36. The minimum Gasteiger partial charge on any atom is -0.457 e. The largest absolute Gasteiger partial charge is 0.457 e. The molecule has 1 spiro atoms. The maximum absolute atomic E-state index is 14.3. The molecule has 1 aromatic heterocycles. The minimum absolute atomic E-state index is 0.0571. The molecule has 2 saturated heterocycles. The van der Waals surface area contributed by atoms with Gasteiger partial charge in [-0.15, -0.1) is 0 Å². The van der Waals surface area contributed by atoms with E-state index in [0.717, 1.165) is 18.4 Å². The van der Waals surface area contributed by atoms with Crippen molar-refractivity contribution in [3.05, 3.63) is 59.3 Å². The number of alkyl halides is 3. The Bertz CT molecular complexity index is 1090. The quantitative estimate of drug-likeness (QED) is 0.526. The molecule has 3 aliphatic rings. The first-order valence-corrected chi connectivity index (χ1v) is 11.9. The van der Waals surface area contributed by atoms with E-state index in [0.29, 0.717) is 18.5 Å². The number of rotatable bonds is 5. The molecule has 3 heterocycles. The van der Waals surface area contributed by atoms with E-state index in [9.17, 15) is 18.0 Å². The Labute approximate surface area is 202 Å². The van der Waals surface area contributed by atoms with Gasteiger partial charge in [-0.25, -0.2) is 9.78 Å². The molecule has 9 heteroatoms. The molecule has 1 saturated carbocycles. The average molecular weight is 491 g/mol. The van der Waals surface area contributed by atoms with E-state index in [4.69, 9.17) is 14.2 Å². The van der Waals surface area contributed by atoms with Crippen molar-refractivity contribution in [1.29, 1.82) is 0 Å². The summed E-state index contributed by atoms with van der Waals surface area (Å²) in [6.07, 6.45) is -0.557. The third kappa shape index (κ3) is 4.63. The van der Waals surface area contributed by atoms with Crippen LogP contribution in [0.15, 0.2) is 42.5 Å². The molecule has 6 nitrogen and oxygen atoms in total. The molecule has 1 unspecified atom stereocenters. The van der Waals surface area contributed by atoms with E-state index in [2.05, 4.69) is 4.98 Å². The van der Waals surface area contributed by atoms with Crippen LogP contribution in [0.3, 0.4) is 0 Å². The monoisotopic (exact) mass is 490 g/mol. The Hall–Kier alpha value is -2.65. The molecular formula is C26H29F3N2O4. The summed E-state index contributed by atoms with van der Waals surface area (Å²) in [4.78, 5) is 19.4. The smallest absolute Gasteiger partial charge is 0.425 e. The van der Waals surface area contributed by atoms with Crippen LogP contribution in [0, 0.1) is 5.41 Å². The fraction of sp³-hybridized carbons (Fsp3) is 0.538. The number of aromatic nitrogens is 1. The summed E-state index contributed by atoms with van der Waals surface area (Å²) in [6.45, 7) is 3.47. The van der Waals surface area contributed by atoms with Crippen LogP contribution < -0.4 is 4.90 Å². The molecule has 1 aromatic carbocycles. The Morgan fingerprint density at radius 3 is 2.31 bits per heavy atom. The first-order chi connectivity index (χ1) is 16.5. The lowest BCUT2D eigenvalue weighted by Crippen LogP contribution is -2.47. The molecular weight excluding hydrogens is 461 g/mol. The molecule has 1 aliphatic carbocycles. The van der Waals surface area contributed by atoms with Crippen molar-refractivity contribution in [1.82, 2.24) is 4.98 Å². The second-order valence-electron chi connectivity index (χ2n) is 10.2. The molecule has 2 aromatic rings. The van der Waals surface area contributed by atoms with Crippen molar-refractivity contribution in [2.24, 2.45) is 5.41 Å². The van der Waals surface area contributed by atoms with Crippen LogP contribution in [0.25, 0.3) is 0 Å². The number of benzene rings is 1. The Kier molecular flexibility index (Phi) is 5.83. The highest BCUT2D eigenvalue weighted by Gasteiger charge is 2.65. The number of anilines is 1. The summed E-state index contributed by atoms with van der Waals surface area (Å²) < 4.78 is 59.3. The van der Waals surface area contributed by atoms with Crippen molar-refractivity contribution in [3.63, 3.8) is 0 Å². The summed E-state index contributed by atoms with van der Waals surface area (Å²) in [7, 11) is 0. The lowest BCUT2D eigenvalue weighted by molar-refractivity contribution is -0.291. The summed E-state index contributed by atoms with van der Waals surface area (Å²) >= 11 is 0. The van der Waals surface area contributed by atoms with E-state index in [1.54, 1.807) is 0 Å². The van der Waals surface area contributed by atoms with Crippen molar-refractivity contribution >= 4 is 11.8 Å². The number of carbonyl (C=O) groups excluding carboxylic acids is 1. The van der Waals surface area contributed by atoms with Crippen LogP contribution in [-0.2, 0) is 26.4 Å². The zero-order valence-corrected chi connectivity index (χ0v) is 19.9. The highest BCUT2D eigenvalue weighted by molar-refractivity contribution is 5.95. The maximum atomic E-state index is 14.3. The molecule has 5 rings (SSSR count). The first kappa shape index (κ1) is 24.1. The number of ether oxygens (including phenoxy) is 3. The Morgan fingerprint density at radius 2 is 1.74 bits per heavy atom. The topological polar surface area (TPSA) is 60.9 Å². The molecule has 35 heavy (non-hydrogen) atoms. The van der Waals surface area contributed by atoms with Gasteiger partial charge in [-0.3, -0.25) is 0 Å². The number of esters is 1. The highest BCUT2D eigenvalue weighted by atomic mass is 19.4. The minimum atomic E-state index is -4.76. The lowest BCUT2D eigenvalue weighted by atomic mass is 9.93. The number of hydrogen-bond acceptors (Lipinski definition) is 6. The van der Waals surface area contributed by atoms with Crippen LogP contribution >= 0.6 is 0 Å². The standard InChI is InChI=1S/C26H29F3N2O4/c1-23(2)34-17-25(35-23,26(27,28)29)20-9-8-19(22(32)33-16-18-6-4-3-5-7-18)21(30-20)31-14-12-24(10-11-24)13-15-31/h3-9H,10-17H2,1-2H3. The number of hydrogen-bond donors (Lipinski definition) is 0. The van der Waals surface area contributed by atoms with Gasteiger partial charge in [0.1, 0.15) is 18.0 Å². The molecule has 1 atom stereocenters. The average Bonchev–Trinajstić information content (AvgIpc) is 3.49. The highest BCUT2D eigenvalue weighted by Crippen LogP contribution is 2.54. The number of halogens is 3. The second kappa shape index (κ2) is 8.48. The van der Waals surface area contributed by atoms with Crippen LogP contribution in [0.4, 0.5) is 19.0 Å². The van der Waals surface area contributed by atoms with Gasteiger partial charge in [0.2, 0.25) is 5.60 Å². The summed E-state index contributed by atoms with van der Waals surface area (Å²) in [6, 6.07) is 11.8. The zero-order chi connectivity index (χ0) is 24.9. The van der Waals surface area contributed by atoms with Gasteiger partial charge in [0.15, 0.2) is 5.79 Å². The molecule has 0 radical (unpaired) electrons. The molecule has 0 amide bonds. The fourth-order valence-corrected chi connectivity index (χ4v) is 4.91. The van der Waals surface area contributed by atoms with Gasteiger partial charge in [0.05, 0.1) is 12.3 Å². The van der Waals surface area contributed by atoms with Gasteiger partial charge < -0.3 is 19.1 Å². The predicted molar refractivity (Wildman–Crippen MR) is 122 cm³/mol. The van der Waals surface area contributed by atoms with E-state index in [-0.39, 0.29) is 23.7 Å². The fourth-order valence-electron chi connectivity index (χ4n) is 4.91. The van der Waals surface area contributed by atoms with Gasteiger partial charge in [0.25, 0.3) is 0 Å². The van der Waals surface area contributed by atoms with E-state index < -0.39 is 30.1 Å². The van der Waals surface area contributed by atoms with Crippen LogP contribution in [0.5, 0.6) is 0 Å². The molecule has 0 bridgehead atoms. The SMILES string of the molecule is CC1(C)OCC(c2ccc(C(=O)OCc3ccccc3)c(N3CCC4(CC3)CC4)n2)(C(F)(F)F)O1. The van der Waals surface area contributed by atoms with E-state index in [1.165, 1.54) is 38.8 Å². The summed E-state index contributed by atoms with van der Waals surface area (Å²) in [5, 5.41) is 0. The normalized spacial score (nSPS) is 25.0. The molecule has 3 fully saturated rings. The van der Waals surface area contributed by atoms with E-state index >= 15 is 0 Å². The number of nitrogens with zero attached hydrogens (tertiary/aromatic N) is 2. The summed E-state index contributed by atoms with van der Waals surface area (Å²) in [5.41, 5.74) is -1.73. The zero-order valence-electron chi connectivity index (χ0n) is 19.9. The van der Waals surface area contributed by atoms with Crippen LogP contribution in [0.2, 0.25) is 0 Å². The molecule has 188 valence electrons. The number of piperidine rings is 1. The Morgan fingerprint density at radius 1 is 1.06 bits per heavy atom. The number of carbonyl (C=O) groups is 1. The van der Waals surface area contributed by atoms with Gasteiger partial charge in [0, 0.05) is 13.1 Å². The van der Waals surface area contributed by atoms with Crippen molar-refractivity contribution in [3.8, 4) is 0 Å². The molecule has 0 N–H and O–H groups in total. The van der Waals surface area contributed by atoms with E-state index in [1.807, 2.05) is 35.2 Å². The van der Waals surface area contributed by atoms with Gasteiger partial charge in [-0.2, -0.15) is 13.2 Å². The lowest BCUT2D eigenvalue weighted by Gasteiger charge is -2.35. The maximum Gasteiger partial charge on any atom is 0.425 e. The summed E-state index contributed by atoms with van der Waals surface area (Å²) in [5.74, 6) is -1.85. The Balaban J connectivity index is 1.49. The van der Waals surface area contributed by atoms with Crippen LogP contribution in [0.1, 0.15) is 61.1 Å². The third-order valence-electron chi connectivity index (χ3n) is 7.30. The van der Waals surface area contributed by atoms with Gasteiger partial charge in [-0.1, -0.05) is 30.3 Å². The second-order valence-corrected chi connectivity index (χ2v) is 10.2. The van der Waals surface area contributed by atoms with Gasteiger partial charge in [-0.05, 0) is 62.6 Å². The van der Waals surface area contributed by atoms with Crippen molar-refractivity contribution in [2.75, 3.05) is 24.6 Å². The number of pyridine rings is 1. The molecule has 2 aliphatic heterocycles.